The average Bonchev–Trinajstić information content (AvgIpc) is 2.92. The quantitative estimate of drug-likeness (QED) is 0.813. The zero-order valence-electron chi connectivity index (χ0n) is 11.4. The summed E-state index contributed by atoms with van der Waals surface area (Å²) in [7, 11) is 0. The van der Waals surface area contributed by atoms with Crippen LogP contribution < -0.4 is 4.74 Å². The number of rotatable bonds is 4. The maximum absolute atomic E-state index is 12.5. The molecule has 6 heteroatoms. The number of para-hydroxylation sites is 1. The molecule has 1 aliphatic rings. The summed E-state index contributed by atoms with van der Waals surface area (Å²) >= 11 is 7.34. The first-order valence-corrected chi connectivity index (χ1v) is 8.19. The predicted octanol–water partition coefficient (Wildman–Crippen LogP) is 2.96. The topological polar surface area (TPSA) is 42.4 Å². The summed E-state index contributed by atoms with van der Waals surface area (Å²) in [6.07, 6.45) is 0.745. The number of amides is 1. The predicted molar refractivity (Wildman–Crippen MR) is 83.2 cm³/mol. The first-order valence-electron chi connectivity index (χ1n) is 6.78. The van der Waals surface area contributed by atoms with Gasteiger partial charge in [0.05, 0.1) is 28.7 Å². The Hall–Kier alpha value is -1.59. The number of hydrogen-bond acceptors (Lipinski definition) is 4. The van der Waals surface area contributed by atoms with E-state index < -0.39 is 0 Å². The highest BCUT2D eigenvalue weighted by atomic mass is 35.5. The lowest BCUT2D eigenvalue weighted by Gasteiger charge is -2.19. The van der Waals surface area contributed by atoms with Gasteiger partial charge in [-0.2, -0.15) is 0 Å². The van der Waals surface area contributed by atoms with Gasteiger partial charge in [0.25, 0.3) is 5.91 Å². The number of hydrogen-bond donors (Lipinski definition) is 0. The molecule has 2 aromatic rings. The van der Waals surface area contributed by atoms with Crippen LogP contribution in [0.25, 0.3) is 0 Å². The third-order valence-electron chi connectivity index (χ3n) is 3.36. The number of alkyl halides is 1. The molecule has 21 heavy (non-hydrogen) atoms. The molecule has 0 fully saturated rings. The van der Waals surface area contributed by atoms with Crippen molar-refractivity contribution < 1.29 is 9.53 Å². The second-order valence-corrected chi connectivity index (χ2v) is 5.96. The minimum atomic E-state index is 0.0252. The fourth-order valence-electron chi connectivity index (χ4n) is 2.28. The number of carbonyl (C=O) groups is 1. The van der Waals surface area contributed by atoms with Crippen LogP contribution in [0.2, 0.25) is 0 Å². The summed E-state index contributed by atoms with van der Waals surface area (Å²) in [6, 6.07) is 7.39. The lowest BCUT2D eigenvalue weighted by Crippen LogP contribution is -2.34. The van der Waals surface area contributed by atoms with Gasteiger partial charge >= 0.3 is 0 Å². The van der Waals surface area contributed by atoms with Crippen molar-refractivity contribution >= 4 is 28.8 Å². The van der Waals surface area contributed by atoms with Crippen molar-refractivity contribution in [3.8, 4) is 5.75 Å². The van der Waals surface area contributed by atoms with E-state index in [0.29, 0.717) is 36.9 Å². The molecule has 0 N–H and O–H groups in total. The number of nitrogens with zero attached hydrogens (tertiary/aromatic N) is 2. The van der Waals surface area contributed by atoms with Gasteiger partial charge in [-0.05, 0) is 12.1 Å². The van der Waals surface area contributed by atoms with Gasteiger partial charge in [-0.3, -0.25) is 4.79 Å². The van der Waals surface area contributed by atoms with Crippen LogP contribution in [0.15, 0.2) is 29.6 Å². The zero-order chi connectivity index (χ0) is 14.7. The lowest BCUT2D eigenvalue weighted by atomic mass is 10.2. The van der Waals surface area contributed by atoms with Crippen molar-refractivity contribution in [3.05, 3.63) is 45.9 Å². The molecule has 0 unspecified atom stereocenters. The van der Waals surface area contributed by atoms with Crippen molar-refractivity contribution in [2.75, 3.05) is 19.7 Å². The molecule has 1 aliphatic heterocycles. The van der Waals surface area contributed by atoms with E-state index in [4.69, 9.17) is 16.3 Å². The molecule has 1 amide bonds. The molecule has 0 aliphatic carbocycles. The van der Waals surface area contributed by atoms with Gasteiger partial charge < -0.3 is 9.64 Å². The molecular weight excluding hydrogens is 308 g/mol. The maximum atomic E-state index is 12.5. The van der Waals surface area contributed by atoms with Crippen LogP contribution in [0.4, 0.5) is 0 Å². The van der Waals surface area contributed by atoms with Crippen molar-refractivity contribution in [3.63, 3.8) is 0 Å². The monoisotopic (exact) mass is 322 g/mol. The highest BCUT2D eigenvalue weighted by Gasteiger charge is 2.22. The molecule has 0 saturated heterocycles. The molecular formula is C15H15ClN2O2S. The van der Waals surface area contributed by atoms with Crippen LogP contribution in [0.3, 0.4) is 0 Å². The Kier molecular flexibility index (Phi) is 4.41. The van der Waals surface area contributed by atoms with Crippen molar-refractivity contribution in [2.45, 2.75) is 12.3 Å². The normalized spacial score (nSPS) is 14.5. The van der Waals surface area contributed by atoms with Crippen LogP contribution in [-0.4, -0.2) is 35.5 Å². The largest absolute Gasteiger partial charge is 0.491 e. The molecule has 0 spiro atoms. The highest BCUT2D eigenvalue weighted by molar-refractivity contribution is 7.09. The SMILES string of the molecule is O=C1c2ccccc2OCCN1CCc1nc(CCl)cs1. The average molecular weight is 323 g/mol. The molecule has 1 aromatic carbocycles. The molecule has 1 aromatic heterocycles. The Morgan fingerprint density at radius 2 is 2.24 bits per heavy atom. The molecule has 0 saturated carbocycles. The van der Waals surface area contributed by atoms with Crippen molar-refractivity contribution in [1.29, 1.82) is 0 Å². The molecule has 110 valence electrons. The number of thiazole rings is 1. The molecule has 4 nitrogen and oxygen atoms in total. The summed E-state index contributed by atoms with van der Waals surface area (Å²) in [5.41, 5.74) is 1.53. The Labute approximate surface area is 132 Å². The maximum Gasteiger partial charge on any atom is 0.257 e. The van der Waals surface area contributed by atoms with E-state index in [9.17, 15) is 4.79 Å². The number of aromatic nitrogens is 1. The number of fused-ring (bicyclic) bond motifs is 1. The van der Waals surface area contributed by atoms with Crippen molar-refractivity contribution in [1.82, 2.24) is 9.88 Å². The van der Waals surface area contributed by atoms with Crippen LogP contribution >= 0.6 is 22.9 Å². The molecule has 0 atom stereocenters. The first kappa shape index (κ1) is 14.4. The van der Waals surface area contributed by atoms with Crippen LogP contribution in [0.5, 0.6) is 5.75 Å². The van der Waals surface area contributed by atoms with E-state index in [-0.39, 0.29) is 5.91 Å². The molecule has 2 heterocycles. The summed E-state index contributed by atoms with van der Waals surface area (Å²) in [5, 5.41) is 2.97. The number of carbonyl (C=O) groups excluding carboxylic acids is 1. The zero-order valence-corrected chi connectivity index (χ0v) is 13.0. The molecule has 0 bridgehead atoms. The van der Waals surface area contributed by atoms with Gasteiger partial charge in [0.2, 0.25) is 0 Å². The van der Waals surface area contributed by atoms with Gasteiger partial charge in [0.15, 0.2) is 0 Å². The Balaban J connectivity index is 1.69. The van der Waals surface area contributed by atoms with E-state index in [1.807, 2.05) is 34.5 Å². The van der Waals surface area contributed by atoms with Gasteiger partial charge in [0.1, 0.15) is 12.4 Å². The van der Waals surface area contributed by atoms with E-state index in [1.54, 1.807) is 11.3 Å². The fourth-order valence-corrected chi connectivity index (χ4v) is 3.29. The third kappa shape index (κ3) is 3.19. The van der Waals surface area contributed by atoms with Crippen molar-refractivity contribution in [2.24, 2.45) is 0 Å². The molecule has 3 rings (SSSR count). The minimum absolute atomic E-state index is 0.0252. The van der Waals surface area contributed by atoms with Gasteiger partial charge in [-0.15, -0.1) is 22.9 Å². The molecule has 0 radical (unpaired) electrons. The number of benzene rings is 1. The van der Waals surface area contributed by atoms with Crippen LogP contribution in [-0.2, 0) is 12.3 Å². The minimum Gasteiger partial charge on any atom is -0.491 e. The number of ether oxygens (including phenoxy) is 1. The summed E-state index contributed by atoms with van der Waals surface area (Å²) < 4.78 is 5.63. The second kappa shape index (κ2) is 6.45. The van der Waals surface area contributed by atoms with Gasteiger partial charge in [0, 0.05) is 18.3 Å². The Morgan fingerprint density at radius 1 is 1.38 bits per heavy atom. The summed E-state index contributed by atoms with van der Waals surface area (Å²) in [6.45, 7) is 1.76. The lowest BCUT2D eigenvalue weighted by molar-refractivity contribution is 0.0757. The van der Waals surface area contributed by atoms with E-state index in [0.717, 1.165) is 17.1 Å². The fraction of sp³-hybridized carbons (Fsp3) is 0.333. The third-order valence-corrected chi connectivity index (χ3v) is 4.59. The first-order chi connectivity index (χ1) is 10.3. The smallest absolute Gasteiger partial charge is 0.257 e. The van der Waals surface area contributed by atoms with Crippen LogP contribution in [0.1, 0.15) is 21.1 Å². The van der Waals surface area contributed by atoms with E-state index in [1.165, 1.54) is 0 Å². The highest BCUT2D eigenvalue weighted by Crippen LogP contribution is 2.22. The number of halogens is 1. The van der Waals surface area contributed by atoms with Gasteiger partial charge in [-0.25, -0.2) is 4.98 Å². The van der Waals surface area contributed by atoms with E-state index >= 15 is 0 Å². The van der Waals surface area contributed by atoms with Gasteiger partial charge in [-0.1, -0.05) is 12.1 Å². The summed E-state index contributed by atoms with van der Waals surface area (Å²) in [4.78, 5) is 18.8. The second-order valence-electron chi connectivity index (χ2n) is 4.75. The van der Waals surface area contributed by atoms with Crippen LogP contribution in [0, 0.1) is 0 Å². The van der Waals surface area contributed by atoms with E-state index in [2.05, 4.69) is 4.98 Å². The Morgan fingerprint density at radius 3 is 3.05 bits per heavy atom. The standard InChI is InChI=1S/C15H15ClN2O2S/c16-9-11-10-21-14(17-11)5-6-18-7-8-20-13-4-2-1-3-12(13)15(18)19/h1-4,10H,5-9H2. The Bertz CT molecular complexity index is 644. The summed E-state index contributed by atoms with van der Waals surface area (Å²) in [5.74, 6) is 1.13.